The molecule has 1 nitrogen and oxygen atoms in total. The van der Waals surface area contributed by atoms with E-state index in [1.54, 1.807) is 0 Å². The van der Waals surface area contributed by atoms with E-state index in [9.17, 15) is 5.11 Å². The Morgan fingerprint density at radius 1 is 0.810 bits per heavy atom. The van der Waals surface area contributed by atoms with E-state index in [0.29, 0.717) is 0 Å². The Kier molecular flexibility index (Phi) is 18.4. The van der Waals surface area contributed by atoms with Crippen molar-refractivity contribution in [3.05, 3.63) is 12.2 Å². The van der Waals surface area contributed by atoms with Crippen molar-refractivity contribution in [1.82, 2.24) is 0 Å². The molecule has 0 aliphatic rings. The first-order valence-electron chi connectivity index (χ1n) is 9.22. The number of hydrogen-bond donors (Lipinski definition) is 1. The predicted molar refractivity (Wildman–Crippen MR) is 99.3 cm³/mol. The molecule has 0 fully saturated rings. The van der Waals surface area contributed by atoms with Gasteiger partial charge in [0.25, 0.3) is 0 Å². The first-order chi connectivity index (χ1) is 10.3. The molecule has 126 valence electrons. The third-order valence-corrected chi connectivity index (χ3v) is 4.53. The molecule has 0 bridgehead atoms. The van der Waals surface area contributed by atoms with E-state index in [-0.39, 0.29) is 6.10 Å². The molecule has 0 aliphatic heterocycles. The Bertz CT molecular complexity index is 216. The van der Waals surface area contributed by atoms with Gasteiger partial charge in [-0.25, -0.2) is 0 Å². The molecule has 1 atom stereocenters. The maximum absolute atomic E-state index is 9.67. The summed E-state index contributed by atoms with van der Waals surface area (Å²) in [6.45, 7) is 2.17. The van der Waals surface area contributed by atoms with Crippen LogP contribution in [-0.4, -0.2) is 16.5 Å². The maximum atomic E-state index is 9.67. The van der Waals surface area contributed by atoms with E-state index < -0.39 is 0 Å². The molecule has 2 heteroatoms. The van der Waals surface area contributed by atoms with Gasteiger partial charge in [0.1, 0.15) is 0 Å². The quantitative estimate of drug-likeness (QED) is 0.182. The van der Waals surface area contributed by atoms with Gasteiger partial charge in [-0.2, -0.15) is 0 Å². The van der Waals surface area contributed by atoms with Crippen LogP contribution >= 0.6 is 15.9 Å². The van der Waals surface area contributed by atoms with Gasteiger partial charge in [0.2, 0.25) is 0 Å². The number of aliphatic hydroxyl groups is 1. The molecular formula is C19H37BrO. The Hall–Kier alpha value is 0.180. The second kappa shape index (κ2) is 18.2. The van der Waals surface area contributed by atoms with Gasteiger partial charge in [-0.3, -0.25) is 0 Å². The van der Waals surface area contributed by atoms with Gasteiger partial charge in [-0.1, -0.05) is 99.2 Å². The number of halogens is 1. The highest BCUT2D eigenvalue weighted by molar-refractivity contribution is 9.09. The number of unbranched alkanes of at least 4 members (excludes halogenated alkanes) is 11. The molecule has 0 saturated heterocycles. The van der Waals surface area contributed by atoms with Crippen LogP contribution in [0.25, 0.3) is 0 Å². The van der Waals surface area contributed by atoms with E-state index in [1.807, 2.05) is 6.08 Å². The summed E-state index contributed by atoms with van der Waals surface area (Å²) in [5.41, 5.74) is 0. The third-order valence-electron chi connectivity index (χ3n) is 3.97. The van der Waals surface area contributed by atoms with Gasteiger partial charge in [0.05, 0.1) is 6.10 Å². The van der Waals surface area contributed by atoms with Gasteiger partial charge in [-0.15, -0.1) is 0 Å². The Morgan fingerprint density at radius 3 is 1.86 bits per heavy atom. The van der Waals surface area contributed by atoms with Crippen LogP contribution in [0.1, 0.15) is 96.8 Å². The van der Waals surface area contributed by atoms with Crippen LogP contribution < -0.4 is 0 Å². The minimum Gasteiger partial charge on any atom is -0.389 e. The van der Waals surface area contributed by atoms with Crippen LogP contribution in [0.2, 0.25) is 0 Å². The van der Waals surface area contributed by atoms with Crippen LogP contribution in [0.3, 0.4) is 0 Å². The summed E-state index contributed by atoms with van der Waals surface area (Å²) in [5, 5.41) is 10.8. The molecule has 0 spiro atoms. The zero-order valence-corrected chi connectivity index (χ0v) is 15.7. The summed E-state index contributed by atoms with van der Waals surface area (Å²) in [4.78, 5) is 0. The molecule has 0 saturated carbocycles. The first-order valence-corrected chi connectivity index (χ1v) is 10.3. The van der Waals surface area contributed by atoms with Crippen LogP contribution in [0, 0.1) is 0 Å². The molecule has 0 heterocycles. The van der Waals surface area contributed by atoms with Crippen molar-refractivity contribution in [2.75, 3.05) is 5.33 Å². The lowest BCUT2D eigenvalue weighted by Crippen LogP contribution is -2.00. The van der Waals surface area contributed by atoms with Crippen molar-refractivity contribution in [3.8, 4) is 0 Å². The van der Waals surface area contributed by atoms with E-state index in [0.717, 1.165) is 24.6 Å². The van der Waals surface area contributed by atoms with Crippen molar-refractivity contribution < 1.29 is 5.11 Å². The Balaban J connectivity index is 3.13. The molecule has 1 N–H and O–H groups in total. The van der Waals surface area contributed by atoms with Gasteiger partial charge in [0.15, 0.2) is 0 Å². The Labute approximate surface area is 141 Å². The van der Waals surface area contributed by atoms with Gasteiger partial charge in [0, 0.05) is 5.33 Å². The van der Waals surface area contributed by atoms with Crippen molar-refractivity contribution in [2.24, 2.45) is 0 Å². The lowest BCUT2D eigenvalue weighted by atomic mass is 10.1. The van der Waals surface area contributed by atoms with Crippen LogP contribution in [-0.2, 0) is 0 Å². The zero-order chi connectivity index (χ0) is 15.6. The fourth-order valence-corrected chi connectivity index (χ4v) is 2.93. The first kappa shape index (κ1) is 21.2. The summed E-state index contributed by atoms with van der Waals surface area (Å²) in [7, 11) is 0. The summed E-state index contributed by atoms with van der Waals surface area (Å²) >= 11 is 3.48. The normalized spacial score (nSPS) is 13.1. The third kappa shape index (κ3) is 18.1. The van der Waals surface area contributed by atoms with Crippen LogP contribution in [0.5, 0.6) is 0 Å². The lowest BCUT2D eigenvalue weighted by molar-refractivity contribution is 0.209. The molecule has 21 heavy (non-hydrogen) atoms. The average Bonchev–Trinajstić information content (AvgIpc) is 2.49. The second-order valence-corrected chi connectivity index (χ2v) is 6.94. The van der Waals surface area contributed by atoms with E-state index in [2.05, 4.69) is 28.9 Å². The maximum Gasteiger partial charge on any atom is 0.0720 e. The minimum atomic E-state index is -0.213. The van der Waals surface area contributed by atoms with Gasteiger partial charge in [-0.05, 0) is 25.7 Å². The molecular weight excluding hydrogens is 324 g/mol. The fourth-order valence-electron chi connectivity index (χ4n) is 2.53. The predicted octanol–water partition coefficient (Wildman–Crippen LogP) is 6.78. The minimum absolute atomic E-state index is 0.213. The monoisotopic (exact) mass is 360 g/mol. The van der Waals surface area contributed by atoms with Crippen LogP contribution in [0.4, 0.5) is 0 Å². The highest BCUT2D eigenvalue weighted by Gasteiger charge is 1.96. The van der Waals surface area contributed by atoms with Crippen molar-refractivity contribution in [3.63, 3.8) is 0 Å². The smallest absolute Gasteiger partial charge is 0.0720 e. The number of alkyl halides is 1. The molecule has 0 radical (unpaired) electrons. The molecule has 0 aromatic rings. The molecule has 0 aliphatic carbocycles. The van der Waals surface area contributed by atoms with E-state index in [1.165, 1.54) is 70.6 Å². The fraction of sp³-hybridized carbons (Fsp3) is 0.895. The SMILES string of the molecule is CCCC[C@@H](O)/C=C/CCCCCCCCCCCCBr. The highest BCUT2D eigenvalue weighted by Crippen LogP contribution is 2.12. The summed E-state index contributed by atoms with van der Waals surface area (Å²) in [6, 6.07) is 0. The molecule has 0 aromatic carbocycles. The topological polar surface area (TPSA) is 20.2 Å². The molecule has 0 unspecified atom stereocenters. The number of rotatable bonds is 16. The van der Waals surface area contributed by atoms with Crippen molar-refractivity contribution >= 4 is 15.9 Å². The highest BCUT2D eigenvalue weighted by atomic mass is 79.9. The standard InChI is InChI=1S/C19H37BrO/c1-2-3-16-19(21)17-14-12-10-8-6-4-5-7-9-11-13-15-18-20/h14,17,19,21H,2-13,15-16,18H2,1H3/b17-14+/t19-/m1/s1. The van der Waals surface area contributed by atoms with E-state index >= 15 is 0 Å². The zero-order valence-electron chi connectivity index (χ0n) is 14.2. The second-order valence-electron chi connectivity index (χ2n) is 6.15. The average molecular weight is 361 g/mol. The molecule has 0 amide bonds. The summed E-state index contributed by atoms with van der Waals surface area (Å²) < 4.78 is 0. The van der Waals surface area contributed by atoms with Gasteiger partial charge < -0.3 is 5.11 Å². The molecule has 0 rings (SSSR count). The van der Waals surface area contributed by atoms with Gasteiger partial charge >= 0.3 is 0 Å². The Morgan fingerprint density at radius 2 is 1.33 bits per heavy atom. The van der Waals surface area contributed by atoms with E-state index in [4.69, 9.17) is 0 Å². The van der Waals surface area contributed by atoms with Crippen molar-refractivity contribution in [1.29, 1.82) is 0 Å². The lowest BCUT2D eigenvalue weighted by Gasteiger charge is -2.03. The number of hydrogen-bond acceptors (Lipinski definition) is 1. The largest absolute Gasteiger partial charge is 0.389 e. The number of allylic oxidation sites excluding steroid dienone is 1. The summed E-state index contributed by atoms with van der Waals surface area (Å²) in [5.74, 6) is 0. The molecule has 0 aromatic heterocycles. The number of aliphatic hydroxyl groups excluding tert-OH is 1. The summed E-state index contributed by atoms with van der Waals surface area (Å²) in [6.07, 6.45) is 22.1. The van der Waals surface area contributed by atoms with Crippen molar-refractivity contribution in [2.45, 2.75) is 103 Å². The van der Waals surface area contributed by atoms with Crippen LogP contribution in [0.15, 0.2) is 12.2 Å².